The van der Waals surface area contributed by atoms with Crippen LogP contribution in [-0.2, 0) is 0 Å². The fourth-order valence-electron chi connectivity index (χ4n) is 0.698. The molecule has 0 aromatic heterocycles. The number of benzene rings is 1. The zero-order valence-electron chi connectivity index (χ0n) is 6.66. The molecule has 0 N–H and O–H groups in total. The highest BCUT2D eigenvalue weighted by atomic mass is 35.5. The maximum Gasteiger partial charge on any atom is 0.398 e. The van der Waals surface area contributed by atoms with E-state index in [1.165, 1.54) is 0 Å². The molecule has 1 aromatic carbocycles. The molecule has 0 aliphatic heterocycles. The van der Waals surface area contributed by atoms with Gasteiger partial charge in [-0.2, -0.15) is 13.2 Å². The monoisotopic (exact) mass is 243 g/mol. The number of thioether (sulfide) groups is 1. The van der Waals surface area contributed by atoms with Gasteiger partial charge in [-0.05, 0) is 12.1 Å². The van der Waals surface area contributed by atoms with Crippen molar-refractivity contribution in [3.8, 4) is 0 Å². The van der Waals surface area contributed by atoms with Crippen molar-refractivity contribution in [2.24, 2.45) is 0 Å². The number of rotatable bonds is 2. The van der Waals surface area contributed by atoms with Gasteiger partial charge in [0.05, 0.1) is 10.8 Å². The quantitative estimate of drug-likeness (QED) is 0.560. The van der Waals surface area contributed by atoms with Crippen molar-refractivity contribution in [1.29, 1.82) is 0 Å². The van der Waals surface area contributed by atoms with E-state index in [9.17, 15) is 17.6 Å². The Morgan fingerprint density at radius 2 is 2.07 bits per heavy atom. The second kappa shape index (κ2) is 4.40. The first kappa shape index (κ1) is 11.7. The predicted octanol–water partition coefficient (Wildman–Crippen LogP) is 3.93. The summed E-state index contributed by atoms with van der Waals surface area (Å²) in [6.07, 6.45) is -4.31. The number of halogens is 5. The molecule has 6 heteroatoms. The molecule has 0 aliphatic carbocycles. The molecule has 0 amide bonds. The molecule has 0 bridgehead atoms. The van der Waals surface area contributed by atoms with Crippen LogP contribution in [0, 0.1) is 11.9 Å². The molecule has 0 fully saturated rings. The summed E-state index contributed by atoms with van der Waals surface area (Å²) < 4.78 is 48.3. The van der Waals surface area contributed by atoms with E-state index < -0.39 is 17.7 Å². The summed E-state index contributed by atoms with van der Waals surface area (Å²) in [6.45, 7) is 0. The van der Waals surface area contributed by atoms with E-state index >= 15 is 0 Å². The van der Waals surface area contributed by atoms with Crippen LogP contribution < -0.4 is 0 Å². The molecule has 0 nitrogen and oxygen atoms in total. The Morgan fingerprint density at radius 1 is 1.43 bits per heavy atom. The Hall–Kier alpha value is -0.420. The van der Waals surface area contributed by atoms with Crippen LogP contribution in [0.15, 0.2) is 17.0 Å². The fourth-order valence-corrected chi connectivity index (χ4v) is 1.51. The molecule has 0 heterocycles. The molecule has 77 valence electrons. The van der Waals surface area contributed by atoms with Gasteiger partial charge in [0, 0.05) is 11.0 Å². The molecular formula is C8H4ClF4S. The van der Waals surface area contributed by atoms with E-state index in [0.717, 1.165) is 12.1 Å². The first-order valence-corrected chi connectivity index (χ1v) is 4.81. The summed E-state index contributed by atoms with van der Waals surface area (Å²) in [5, 5.41) is 0.0406. The van der Waals surface area contributed by atoms with E-state index in [1.54, 1.807) is 0 Å². The van der Waals surface area contributed by atoms with Gasteiger partial charge in [-0.15, -0.1) is 11.8 Å². The molecule has 1 aromatic rings. The molecule has 0 atom stereocenters. The summed E-state index contributed by atoms with van der Waals surface area (Å²) in [6, 6.07) is 4.45. The van der Waals surface area contributed by atoms with Crippen LogP contribution in [0.2, 0.25) is 5.02 Å². The minimum absolute atomic E-state index is 0.0406. The van der Waals surface area contributed by atoms with Crippen molar-refractivity contribution in [2.75, 3.05) is 5.75 Å². The van der Waals surface area contributed by atoms with Crippen molar-refractivity contribution in [2.45, 2.75) is 11.1 Å². The molecule has 0 unspecified atom stereocenters. The molecule has 0 saturated heterocycles. The SMILES string of the molecule is Fc1cc(Cl)[c]cc1SCC(F)(F)F. The van der Waals surface area contributed by atoms with Crippen LogP contribution >= 0.6 is 23.4 Å². The largest absolute Gasteiger partial charge is 0.398 e. The highest BCUT2D eigenvalue weighted by Crippen LogP contribution is 2.29. The first-order chi connectivity index (χ1) is 6.38. The van der Waals surface area contributed by atoms with Gasteiger partial charge in [0.2, 0.25) is 0 Å². The second-order valence-corrected chi connectivity index (χ2v) is 3.82. The zero-order valence-corrected chi connectivity index (χ0v) is 8.23. The smallest absolute Gasteiger partial charge is 0.206 e. The molecule has 0 spiro atoms. The Labute approximate surface area is 87.2 Å². The number of hydrogen-bond acceptors (Lipinski definition) is 1. The molecule has 14 heavy (non-hydrogen) atoms. The topological polar surface area (TPSA) is 0 Å². The highest BCUT2D eigenvalue weighted by molar-refractivity contribution is 7.99. The summed E-state index contributed by atoms with van der Waals surface area (Å²) in [7, 11) is 0. The maximum atomic E-state index is 12.9. The Balaban J connectivity index is 2.68. The van der Waals surface area contributed by atoms with Crippen molar-refractivity contribution in [3.63, 3.8) is 0 Å². The summed E-state index contributed by atoms with van der Waals surface area (Å²) in [5.74, 6) is -1.89. The van der Waals surface area contributed by atoms with Crippen molar-refractivity contribution in [3.05, 3.63) is 29.0 Å². The number of alkyl halides is 3. The Kier molecular flexibility index (Phi) is 3.66. The van der Waals surface area contributed by atoms with Gasteiger partial charge in [0.15, 0.2) is 0 Å². The van der Waals surface area contributed by atoms with Gasteiger partial charge in [0.25, 0.3) is 0 Å². The minimum Gasteiger partial charge on any atom is -0.206 e. The summed E-state index contributed by atoms with van der Waals surface area (Å²) in [4.78, 5) is -0.105. The van der Waals surface area contributed by atoms with Crippen LogP contribution in [0.25, 0.3) is 0 Å². The average molecular weight is 244 g/mol. The Bertz CT molecular complexity index is 324. The predicted molar refractivity (Wildman–Crippen MR) is 47.0 cm³/mol. The van der Waals surface area contributed by atoms with Crippen molar-refractivity contribution < 1.29 is 17.6 Å². The van der Waals surface area contributed by atoms with E-state index in [1.807, 2.05) is 0 Å². The molecule has 0 aliphatic rings. The third-order valence-electron chi connectivity index (χ3n) is 1.22. The number of hydrogen-bond donors (Lipinski definition) is 0. The van der Waals surface area contributed by atoms with E-state index in [4.69, 9.17) is 11.6 Å². The lowest BCUT2D eigenvalue weighted by Gasteiger charge is -2.06. The fraction of sp³-hybridized carbons (Fsp3) is 0.250. The van der Waals surface area contributed by atoms with Crippen LogP contribution in [-0.4, -0.2) is 11.9 Å². The first-order valence-electron chi connectivity index (χ1n) is 3.45. The van der Waals surface area contributed by atoms with Crippen LogP contribution in [0.4, 0.5) is 17.6 Å². The lowest BCUT2D eigenvalue weighted by atomic mass is 10.3. The van der Waals surface area contributed by atoms with E-state index in [-0.39, 0.29) is 9.92 Å². The highest BCUT2D eigenvalue weighted by Gasteiger charge is 2.27. The van der Waals surface area contributed by atoms with Gasteiger partial charge in [0.1, 0.15) is 5.82 Å². The zero-order chi connectivity index (χ0) is 10.8. The van der Waals surface area contributed by atoms with Crippen LogP contribution in [0.1, 0.15) is 0 Å². The summed E-state index contributed by atoms with van der Waals surface area (Å²) >= 11 is 5.75. The summed E-state index contributed by atoms with van der Waals surface area (Å²) in [5.41, 5.74) is 0. The van der Waals surface area contributed by atoms with Crippen molar-refractivity contribution in [1.82, 2.24) is 0 Å². The molecule has 1 rings (SSSR count). The van der Waals surface area contributed by atoms with E-state index in [0.29, 0.717) is 11.8 Å². The lowest BCUT2D eigenvalue weighted by Crippen LogP contribution is -2.10. The molecule has 1 radical (unpaired) electrons. The maximum absolute atomic E-state index is 12.9. The van der Waals surface area contributed by atoms with Gasteiger partial charge in [-0.1, -0.05) is 11.6 Å². The van der Waals surface area contributed by atoms with Gasteiger partial charge < -0.3 is 0 Å². The second-order valence-electron chi connectivity index (χ2n) is 2.40. The third kappa shape index (κ3) is 3.75. The average Bonchev–Trinajstić information content (AvgIpc) is 2.00. The van der Waals surface area contributed by atoms with Gasteiger partial charge in [-0.25, -0.2) is 4.39 Å². The third-order valence-corrected chi connectivity index (χ3v) is 2.54. The minimum atomic E-state index is -4.31. The molecule has 0 saturated carbocycles. The van der Waals surface area contributed by atoms with Crippen molar-refractivity contribution >= 4 is 23.4 Å². The van der Waals surface area contributed by atoms with E-state index in [2.05, 4.69) is 6.07 Å². The van der Waals surface area contributed by atoms with Gasteiger partial charge in [-0.3, -0.25) is 0 Å². The van der Waals surface area contributed by atoms with Crippen LogP contribution in [0.5, 0.6) is 0 Å². The van der Waals surface area contributed by atoms with Crippen LogP contribution in [0.3, 0.4) is 0 Å². The molecular weight excluding hydrogens is 240 g/mol. The lowest BCUT2D eigenvalue weighted by molar-refractivity contribution is -0.105. The van der Waals surface area contributed by atoms with Gasteiger partial charge >= 0.3 is 6.18 Å². The standard InChI is InChI=1S/C8H4ClF4S/c9-5-1-2-7(6(10)3-5)14-4-8(11,12)13/h2-3H,4H2. The normalized spacial score (nSPS) is 11.8. The Morgan fingerprint density at radius 3 is 2.57 bits per heavy atom.